The molecule has 0 radical (unpaired) electrons. The number of alkyl halides is 3. The van der Waals surface area contributed by atoms with Crippen molar-refractivity contribution in [2.75, 3.05) is 19.6 Å². The number of benzene rings is 1. The SMILES string of the molecule is O=C1OC2(CCNCC2)CN1Cc1cc(C(F)(F)F)ccc1F. The van der Waals surface area contributed by atoms with E-state index in [0.717, 1.165) is 12.1 Å². The highest BCUT2D eigenvalue weighted by Crippen LogP contribution is 2.34. The van der Waals surface area contributed by atoms with Gasteiger partial charge in [0, 0.05) is 18.4 Å². The van der Waals surface area contributed by atoms with Gasteiger partial charge in [0.25, 0.3) is 0 Å². The van der Waals surface area contributed by atoms with Crippen molar-refractivity contribution >= 4 is 6.09 Å². The largest absolute Gasteiger partial charge is 0.441 e. The lowest BCUT2D eigenvalue weighted by Gasteiger charge is -2.31. The number of halogens is 4. The Labute approximate surface area is 130 Å². The second kappa shape index (κ2) is 5.67. The third kappa shape index (κ3) is 3.26. The third-order valence-corrected chi connectivity index (χ3v) is 4.29. The molecule has 1 N–H and O–H groups in total. The summed E-state index contributed by atoms with van der Waals surface area (Å²) in [4.78, 5) is 13.3. The molecule has 23 heavy (non-hydrogen) atoms. The molecule has 0 atom stereocenters. The van der Waals surface area contributed by atoms with Gasteiger partial charge in [-0.2, -0.15) is 13.2 Å². The fraction of sp³-hybridized carbons (Fsp3) is 0.533. The first kappa shape index (κ1) is 16.0. The van der Waals surface area contributed by atoms with E-state index in [2.05, 4.69) is 5.32 Å². The minimum absolute atomic E-state index is 0.164. The molecule has 0 saturated carbocycles. The fourth-order valence-electron chi connectivity index (χ4n) is 3.04. The van der Waals surface area contributed by atoms with Crippen LogP contribution in [-0.4, -0.2) is 36.2 Å². The lowest BCUT2D eigenvalue weighted by atomic mass is 9.92. The van der Waals surface area contributed by atoms with Crippen LogP contribution in [0.3, 0.4) is 0 Å². The Hall–Kier alpha value is -1.83. The van der Waals surface area contributed by atoms with E-state index in [1.807, 2.05) is 0 Å². The Balaban J connectivity index is 1.78. The van der Waals surface area contributed by atoms with Crippen molar-refractivity contribution in [3.05, 3.63) is 35.1 Å². The Morgan fingerprint density at radius 3 is 2.61 bits per heavy atom. The van der Waals surface area contributed by atoms with Crippen LogP contribution in [0.4, 0.5) is 22.4 Å². The van der Waals surface area contributed by atoms with Crippen LogP contribution >= 0.6 is 0 Å². The Bertz CT molecular complexity index is 612. The lowest BCUT2D eigenvalue weighted by Crippen LogP contribution is -2.44. The van der Waals surface area contributed by atoms with Crippen LogP contribution in [0, 0.1) is 5.82 Å². The summed E-state index contributed by atoms with van der Waals surface area (Å²) >= 11 is 0. The molecule has 1 aromatic carbocycles. The Morgan fingerprint density at radius 1 is 1.26 bits per heavy atom. The molecular weight excluding hydrogens is 316 g/mol. The van der Waals surface area contributed by atoms with Gasteiger partial charge in [-0.15, -0.1) is 0 Å². The van der Waals surface area contributed by atoms with E-state index >= 15 is 0 Å². The van der Waals surface area contributed by atoms with Gasteiger partial charge in [0.15, 0.2) is 0 Å². The summed E-state index contributed by atoms with van der Waals surface area (Å²) in [6, 6.07) is 2.21. The highest BCUT2D eigenvalue weighted by molar-refractivity contribution is 5.70. The number of rotatable bonds is 2. The standard InChI is InChI=1S/C15H16F4N2O2/c16-12-2-1-11(15(17,18)19)7-10(12)8-21-9-14(23-13(21)22)3-5-20-6-4-14/h1-2,7,20H,3-6,8-9H2. The highest BCUT2D eigenvalue weighted by atomic mass is 19.4. The van der Waals surface area contributed by atoms with Crippen LogP contribution in [0.2, 0.25) is 0 Å². The lowest BCUT2D eigenvalue weighted by molar-refractivity contribution is -0.137. The van der Waals surface area contributed by atoms with Gasteiger partial charge < -0.3 is 10.1 Å². The van der Waals surface area contributed by atoms with Gasteiger partial charge in [0.1, 0.15) is 11.4 Å². The van der Waals surface area contributed by atoms with Crippen molar-refractivity contribution in [3.8, 4) is 0 Å². The number of hydrogen-bond donors (Lipinski definition) is 1. The van der Waals surface area contributed by atoms with E-state index in [4.69, 9.17) is 4.74 Å². The van der Waals surface area contributed by atoms with Crippen molar-refractivity contribution in [1.82, 2.24) is 10.2 Å². The normalized spacial score (nSPS) is 20.9. The first-order chi connectivity index (χ1) is 10.8. The predicted molar refractivity (Wildman–Crippen MR) is 73.1 cm³/mol. The van der Waals surface area contributed by atoms with E-state index in [1.54, 1.807) is 0 Å². The maximum atomic E-state index is 13.8. The minimum atomic E-state index is -4.55. The number of nitrogens with one attached hydrogen (secondary N) is 1. The van der Waals surface area contributed by atoms with Gasteiger partial charge in [0.05, 0.1) is 18.7 Å². The van der Waals surface area contributed by atoms with Crippen molar-refractivity contribution < 1.29 is 27.1 Å². The molecule has 2 aliphatic heterocycles. The molecule has 126 valence electrons. The summed E-state index contributed by atoms with van der Waals surface area (Å²) in [6.07, 6.45) is -3.88. The molecule has 8 heteroatoms. The summed E-state index contributed by atoms with van der Waals surface area (Å²) in [7, 11) is 0. The zero-order chi connectivity index (χ0) is 16.7. The van der Waals surface area contributed by atoms with Crippen molar-refractivity contribution in [2.45, 2.75) is 31.2 Å². The Kier molecular flexibility index (Phi) is 3.95. The van der Waals surface area contributed by atoms with Crippen LogP contribution in [0.25, 0.3) is 0 Å². The number of hydrogen-bond acceptors (Lipinski definition) is 3. The molecule has 1 spiro atoms. The summed E-state index contributed by atoms with van der Waals surface area (Å²) in [6.45, 7) is 1.45. The third-order valence-electron chi connectivity index (χ3n) is 4.29. The van der Waals surface area contributed by atoms with Crippen LogP contribution in [0.1, 0.15) is 24.0 Å². The number of carbonyl (C=O) groups is 1. The summed E-state index contributed by atoms with van der Waals surface area (Å²) in [5.74, 6) is -0.767. The first-order valence-corrected chi connectivity index (χ1v) is 7.33. The van der Waals surface area contributed by atoms with Gasteiger partial charge in [-0.1, -0.05) is 0 Å². The van der Waals surface area contributed by atoms with Crippen LogP contribution in [0.5, 0.6) is 0 Å². The molecule has 0 aliphatic carbocycles. The maximum Gasteiger partial charge on any atom is 0.416 e. The van der Waals surface area contributed by atoms with Crippen molar-refractivity contribution in [3.63, 3.8) is 0 Å². The molecule has 0 aromatic heterocycles. The maximum absolute atomic E-state index is 13.8. The molecular formula is C15H16F4N2O2. The molecule has 4 nitrogen and oxygen atoms in total. The van der Waals surface area contributed by atoms with E-state index in [0.29, 0.717) is 32.0 Å². The molecule has 2 fully saturated rings. The van der Waals surface area contributed by atoms with Crippen LogP contribution in [-0.2, 0) is 17.5 Å². The number of amides is 1. The highest BCUT2D eigenvalue weighted by Gasteiger charge is 2.45. The number of ether oxygens (including phenoxy) is 1. The average Bonchev–Trinajstić information content (AvgIpc) is 2.76. The molecule has 1 aromatic rings. The van der Waals surface area contributed by atoms with Crippen molar-refractivity contribution in [1.29, 1.82) is 0 Å². The van der Waals surface area contributed by atoms with E-state index in [-0.39, 0.29) is 18.7 Å². The second-order valence-corrected chi connectivity index (χ2v) is 5.96. The smallest absolute Gasteiger partial charge is 0.416 e. The van der Waals surface area contributed by atoms with E-state index in [9.17, 15) is 22.4 Å². The zero-order valence-corrected chi connectivity index (χ0v) is 12.3. The summed E-state index contributed by atoms with van der Waals surface area (Å²) in [5.41, 5.74) is -1.71. The molecule has 0 bridgehead atoms. The van der Waals surface area contributed by atoms with Gasteiger partial charge in [-0.05, 0) is 31.3 Å². The van der Waals surface area contributed by atoms with Gasteiger partial charge in [-0.3, -0.25) is 4.90 Å². The predicted octanol–water partition coefficient (Wildman–Crippen LogP) is 2.92. The number of carbonyl (C=O) groups excluding carboxylic acids is 1. The zero-order valence-electron chi connectivity index (χ0n) is 12.3. The number of nitrogens with zero attached hydrogens (tertiary/aromatic N) is 1. The van der Waals surface area contributed by atoms with Gasteiger partial charge >= 0.3 is 12.3 Å². The molecule has 0 unspecified atom stereocenters. The quantitative estimate of drug-likeness (QED) is 0.847. The van der Waals surface area contributed by atoms with Gasteiger partial charge in [-0.25, -0.2) is 9.18 Å². The monoisotopic (exact) mass is 332 g/mol. The Morgan fingerprint density at radius 2 is 1.96 bits per heavy atom. The summed E-state index contributed by atoms with van der Waals surface area (Å²) < 4.78 is 57.5. The molecule has 1 amide bonds. The second-order valence-electron chi connectivity index (χ2n) is 5.96. The first-order valence-electron chi connectivity index (χ1n) is 7.33. The summed E-state index contributed by atoms with van der Waals surface area (Å²) in [5, 5.41) is 3.15. The minimum Gasteiger partial charge on any atom is -0.441 e. The van der Waals surface area contributed by atoms with Gasteiger partial charge in [0.2, 0.25) is 0 Å². The molecule has 2 heterocycles. The molecule has 3 rings (SSSR count). The number of piperidine rings is 1. The van der Waals surface area contributed by atoms with Crippen LogP contribution < -0.4 is 5.32 Å². The van der Waals surface area contributed by atoms with Crippen molar-refractivity contribution in [2.24, 2.45) is 0 Å². The fourth-order valence-corrected chi connectivity index (χ4v) is 3.04. The van der Waals surface area contributed by atoms with E-state index in [1.165, 1.54) is 4.90 Å². The molecule has 2 saturated heterocycles. The average molecular weight is 332 g/mol. The molecule has 2 aliphatic rings. The van der Waals surface area contributed by atoms with Crippen LogP contribution in [0.15, 0.2) is 18.2 Å². The van der Waals surface area contributed by atoms with E-state index < -0.39 is 29.3 Å². The topological polar surface area (TPSA) is 41.6 Å².